The van der Waals surface area contributed by atoms with Crippen molar-refractivity contribution in [3.05, 3.63) is 23.8 Å². The smallest absolute Gasteiger partial charge is 0.260 e. The van der Waals surface area contributed by atoms with Crippen LogP contribution in [-0.2, 0) is 4.79 Å². The summed E-state index contributed by atoms with van der Waals surface area (Å²) in [5.41, 5.74) is 0.446. The van der Waals surface area contributed by atoms with Gasteiger partial charge in [-0.25, -0.2) is 0 Å². The van der Waals surface area contributed by atoms with Gasteiger partial charge < -0.3 is 14.4 Å². The van der Waals surface area contributed by atoms with Crippen LogP contribution in [0, 0.1) is 11.3 Å². The van der Waals surface area contributed by atoms with Crippen molar-refractivity contribution in [3.8, 4) is 17.6 Å². The maximum absolute atomic E-state index is 12.0. The molecule has 1 amide bonds. The lowest BCUT2D eigenvalue weighted by Gasteiger charge is -2.20. The predicted octanol–water partition coefficient (Wildman–Crippen LogP) is 1.96. The van der Waals surface area contributed by atoms with E-state index in [1.54, 1.807) is 18.2 Å². The van der Waals surface area contributed by atoms with Crippen LogP contribution >= 0.6 is 0 Å². The van der Waals surface area contributed by atoms with E-state index in [1.807, 2.05) is 17.9 Å². The predicted molar refractivity (Wildman–Crippen MR) is 73.6 cm³/mol. The molecule has 106 valence electrons. The summed E-state index contributed by atoms with van der Waals surface area (Å²) < 4.78 is 10.6. The zero-order valence-corrected chi connectivity index (χ0v) is 11.8. The molecule has 1 aromatic rings. The molecule has 0 saturated heterocycles. The highest BCUT2D eigenvalue weighted by Crippen LogP contribution is 2.27. The van der Waals surface area contributed by atoms with Crippen molar-refractivity contribution in [2.24, 2.45) is 0 Å². The normalized spacial score (nSPS) is 13.4. The Morgan fingerprint density at radius 2 is 2.10 bits per heavy atom. The van der Waals surface area contributed by atoms with Gasteiger partial charge in [0.1, 0.15) is 11.5 Å². The number of hydrogen-bond acceptors (Lipinski definition) is 4. The molecule has 0 heterocycles. The molecule has 0 unspecified atom stereocenters. The molecule has 5 heteroatoms. The number of likely N-dealkylation sites (N-methyl/N-ethyl adjacent to an activating group) is 1. The van der Waals surface area contributed by atoms with Gasteiger partial charge in [-0.1, -0.05) is 0 Å². The van der Waals surface area contributed by atoms with E-state index < -0.39 is 0 Å². The average molecular weight is 274 g/mol. The highest BCUT2D eigenvalue weighted by Gasteiger charge is 2.31. The van der Waals surface area contributed by atoms with Crippen LogP contribution in [0.25, 0.3) is 0 Å². The van der Waals surface area contributed by atoms with Crippen molar-refractivity contribution in [2.75, 3.05) is 20.3 Å². The van der Waals surface area contributed by atoms with E-state index in [9.17, 15) is 4.79 Å². The fraction of sp³-hybridized carbons (Fsp3) is 0.467. The zero-order chi connectivity index (χ0) is 14.5. The van der Waals surface area contributed by atoms with Gasteiger partial charge in [-0.3, -0.25) is 4.79 Å². The van der Waals surface area contributed by atoms with Gasteiger partial charge >= 0.3 is 0 Å². The number of nitrogens with zero attached hydrogens (tertiary/aromatic N) is 2. The van der Waals surface area contributed by atoms with Gasteiger partial charge in [-0.2, -0.15) is 5.26 Å². The Kier molecular flexibility index (Phi) is 4.46. The molecule has 0 atom stereocenters. The lowest BCUT2D eigenvalue weighted by molar-refractivity contribution is -0.133. The summed E-state index contributed by atoms with van der Waals surface area (Å²) in [6, 6.07) is 7.31. The second-order valence-corrected chi connectivity index (χ2v) is 4.71. The number of rotatable bonds is 6. The van der Waals surface area contributed by atoms with Gasteiger partial charge in [0, 0.05) is 18.7 Å². The van der Waals surface area contributed by atoms with E-state index >= 15 is 0 Å². The third-order valence-corrected chi connectivity index (χ3v) is 3.26. The molecule has 1 aromatic carbocycles. The van der Waals surface area contributed by atoms with Gasteiger partial charge in [0.2, 0.25) is 0 Å². The van der Waals surface area contributed by atoms with Gasteiger partial charge in [-0.15, -0.1) is 0 Å². The molecule has 1 aliphatic carbocycles. The second-order valence-electron chi connectivity index (χ2n) is 4.71. The van der Waals surface area contributed by atoms with Crippen molar-refractivity contribution in [3.63, 3.8) is 0 Å². The van der Waals surface area contributed by atoms with E-state index in [1.165, 1.54) is 7.11 Å². The van der Waals surface area contributed by atoms with E-state index in [0.29, 0.717) is 29.6 Å². The van der Waals surface area contributed by atoms with Crippen LogP contribution in [0.2, 0.25) is 0 Å². The number of carbonyl (C=O) groups excluding carboxylic acids is 1. The minimum atomic E-state index is -0.0173. The number of amides is 1. The largest absolute Gasteiger partial charge is 0.497 e. The quantitative estimate of drug-likeness (QED) is 0.795. The van der Waals surface area contributed by atoms with E-state index in [-0.39, 0.29) is 12.5 Å². The Labute approximate surface area is 118 Å². The summed E-state index contributed by atoms with van der Waals surface area (Å²) >= 11 is 0. The Hall–Kier alpha value is -2.22. The molecule has 2 rings (SSSR count). The minimum Gasteiger partial charge on any atom is -0.497 e. The van der Waals surface area contributed by atoms with Crippen LogP contribution in [0.3, 0.4) is 0 Å². The molecule has 0 bridgehead atoms. The Bertz CT molecular complexity index is 532. The van der Waals surface area contributed by atoms with Gasteiger partial charge in [0.25, 0.3) is 5.91 Å². The number of benzene rings is 1. The maximum Gasteiger partial charge on any atom is 0.260 e. The van der Waals surface area contributed by atoms with Gasteiger partial charge in [-0.05, 0) is 31.9 Å². The van der Waals surface area contributed by atoms with Crippen molar-refractivity contribution in [1.29, 1.82) is 5.26 Å². The molecule has 0 radical (unpaired) electrons. The fourth-order valence-corrected chi connectivity index (χ4v) is 2.09. The molecule has 20 heavy (non-hydrogen) atoms. The first kappa shape index (κ1) is 14.2. The summed E-state index contributed by atoms with van der Waals surface area (Å²) in [5.74, 6) is 0.999. The Morgan fingerprint density at radius 3 is 2.65 bits per heavy atom. The van der Waals surface area contributed by atoms with Crippen molar-refractivity contribution in [1.82, 2.24) is 4.90 Å². The summed E-state index contributed by atoms with van der Waals surface area (Å²) in [5, 5.41) is 8.93. The first-order valence-electron chi connectivity index (χ1n) is 6.69. The third-order valence-electron chi connectivity index (χ3n) is 3.26. The van der Waals surface area contributed by atoms with Crippen LogP contribution in [0.15, 0.2) is 18.2 Å². The lowest BCUT2D eigenvalue weighted by Crippen LogP contribution is -2.36. The first-order chi connectivity index (χ1) is 9.67. The minimum absolute atomic E-state index is 0.0115. The Balaban J connectivity index is 1.99. The van der Waals surface area contributed by atoms with Gasteiger partial charge in [0.15, 0.2) is 6.61 Å². The third kappa shape index (κ3) is 3.41. The van der Waals surface area contributed by atoms with Crippen LogP contribution in [0.4, 0.5) is 0 Å². The van der Waals surface area contributed by atoms with Crippen LogP contribution in [0.5, 0.6) is 11.5 Å². The van der Waals surface area contributed by atoms with Gasteiger partial charge in [0.05, 0.1) is 18.7 Å². The zero-order valence-electron chi connectivity index (χ0n) is 11.8. The fourth-order valence-electron chi connectivity index (χ4n) is 2.09. The monoisotopic (exact) mass is 274 g/mol. The molecule has 0 aromatic heterocycles. The topological polar surface area (TPSA) is 62.6 Å². The second kappa shape index (κ2) is 6.29. The SMILES string of the molecule is CCN(C(=O)COc1cc(C#N)cc(OC)c1)C1CC1. The highest BCUT2D eigenvalue weighted by molar-refractivity contribution is 5.78. The summed E-state index contributed by atoms with van der Waals surface area (Å²) in [7, 11) is 1.53. The number of nitriles is 1. The molecule has 0 spiro atoms. The standard InChI is InChI=1S/C15H18N2O3/c1-3-17(12-4-5-12)15(18)10-20-14-7-11(9-16)6-13(8-14)19-2/h6-8,12H,3-5,10H2,1-2H3. The van der Waals surface area contributed by atoms with Crippen LogP contribution in [-0.4, -0.2) is 37.1 Å². The number of methoxy groups -OCH3 is 1. The summed E-state index contributed by atoms with van der Waals surface area (Å²) in [6.07, 6.45) is 2.16. The Morgan fingerprint density at radius 1 is 1.40 bits per heavy atom. The molecule has 5 nitrogen and oxygen atoms in total. The molecule has 0 N–H and O–H groups in total. The molecular formula is C15H18N2O3. The molecule has 1 fully saturated rings. The first-order valence-corrected chi connectivity index (χ1v) is 6.69. The number of carbonyl (C=O) groups is 1. The van der Waals surface area contributed by atoms with Crippen molar-refractivity contribution in [2.45, 2.75) is 25.8 Å². The van der Waals surface area contributed by atoms with E-state index in [2.05, 4.69) is 0 Å². The van der Waals surface area contributed by atoms with E-state index in [4.69, 9.17) is 14.7 Å². The number of hydrogen-bond donors (Lipinski definition) is 0. The molecule has 1 saturated carbocycles. The molecule has 0 aliphatic heterocycles. The molecular weight excluding hydrogens is 256 g/mol. The molecule has 1 aliphatic rings. The number of ether oxygens (including phenoxy) is 2. The highest BCUT2D eigenvalue weighted by atomic mass is 16.5. The lowest BCUT2D eigenvalue weighted by atomic mass is 10.2. The van der Waals surface area contributed by atoms with Crippen molar-refractivity contribution < 1.29 is 14.3 Å². The van der Waals surface area contributed by atoms with Crippen molar-refractivity contribution >= 4 is 5.91 Å². The summed E-state index contributed by atoms with van der Waals surface area (Å²) in [6.45, 7) is 2.66. The average Bonchev–Trinajstić information content (AvgIpc) is 3.30. The summed E-state index contributed by atoms with van der Waals surface area (Å²) in [4.78, 5) is 13.9. The van der Waals surface area contributed by atoms with Crippen LogP contribution < -0.4 is 9.47 Å². The van der Waals surface area contributed by atoms with Crippen LogP contribution in [0.1, 0.15) is 25.3 Å². The maximum atomic E-state index is 12.0. The van der Waals surface area contributed by atoms with E-state index in [0.717, 1.165) is 12.8 Å².